The summed E-state index contributed by atoms with van der Waals surface area (Å²) >= 11 is 5.88. The molecule has 1 aliphatic rings. The normalized spacial score (nSPS) is 16.6. The lowest BCUT2D eigenvalue weighted by molar-refractivity contribution is 0.0951. The molecule has 0 radical (unpaired) electrons. The van der Waals surface area contributed by atoms with Crippen LogP contribution in [0.25, 0.3) is 11.0 Å². The predicted octanol–water partition coefficient (Wildman–Crippen LogP) is 4.20. The standard InChI is InChI=1S/C20H20ClN3O/c1-13-8-9-24-18-7-4-15(11-17(18)23-19(24)10-13)20(25)22-12-14-2-5-16(21)6-3-14/h2-7,11,13H,8-10,12H2,1H3,(H,22,25). The molecule has 3 aromatic rings. The Bertz CT molecular complexity index is 930. The van der Waals surface area contributed by atoms with Crippen molar-refractivity contribution in [2.45, 2.75) is 32.9 Å². The Morgan fingerprint density at radius 1 is 1.28 bits per heavy atom. The molecule has 2 aromatic carbocycles. The summed E-state index contributed by atoms with van der Waals surface area (Å²) in [6.07, 6.45) is 2.19. The van der Waals surface area contributed by atoms with E-state index in [0.717, 1.165) is 35.4 Å². The van der Waals surface area contributed by atoms with E-state index in [4.69, 9.17) is 16.6 Å². The number of rotatable bonds is 3. The number of nitrogens with zero attached hydrogens (tertiary/aromatic N) is 2. The zero-order chi connectivity index (χ0) is 17.4. The van der Waals surface area contributed by atoms with E-state index in [-0.39, 0.29) is 5.91 Å². The molecule has 1 aliphatic heterocycles. The molecule has 4 nitrogen and oxygen atoms in total. The number of imidazole rings is 1. The number of fused-ring (bicyclic) bond motifs is 3. The summed E-state index contributed by atoms with van der Waals surface area (Å²) in [4.78, 5) is 17.2. The van der Waals surface area contributed by atoms with Gasteiger partial charge in [-0.1, -0.05) is 30.7 Å². The van der Waals surface area contributed by atoms with Crippen LogP contribution in [0.2, 0.25) is 5.02 Å². The van der Waals surface area contributed by atoms with Crippen molar-refractivity contribution < 1.29 is 4.79 Å². The molecule has 5 heteroatoms. The zero-order valence-corrected chi connectivity index (χ0v) is 14.9. The van der Waals surface area contributed by atoms with Crippen LogP contribution >= 0.6 is 11.6 Å². The smallest absolute Gasteiger partial charge is 0.251 e. The molecule has 1 N–H and O–H groups in total. The number of hydrogen-bond acceptors (Lipinski definition) is 2. The van der Waals surface area contributed by atoms with Crippen molar-refractivity contribution >= 4 is 28.5 Å². The van der Waals surface area contributed by atoms with E-state index >= 15 is 0 Å². The Hall–Kier alpha value is -2.33. The highest BCUT2D eigenvalue weighted by Gasteiger charge is 2.19. The molecule has 1 atom stereocenters. The van der Waals surface area contributed by atoms with Gasteiger partial charge in [0.25, 0.3) is 5.91 Å². The van der Waals surface area contributed by atoms with Crippen LogP contribution in [0.1, 0.15) is 35.1 Å². The minimum Gasteiger partial charge on any atom is -0.348 e. The van der Waals surface area contributed by atoms with Crippen molar-refractivity contribution in [3.63, 3.8) is 0 Å². The van der Waals surface area contributed by atoms with E-state index < -0.39 is 0 Å². The third-order valence-corrected chi connectivity index (χ3v) is 5.08. The van der Waals surface area contributed by atoms with Crippen molar-refractivity contribution in [3.8, 4) is 0 Å². The monoisotopic (exact) mass is 353 g/mol. The van der Waals surface area contributed by atoms with Gasteiger partial charge < -0.3 is 9.88 Å². The third kappa shape index (κ3) is 3.27. The highest BCUT2D eigenvalue weighted by atomic mass is 35.5. The summed E-state index contributed by atoms with van der Waals surface area (Å²) in [6, 6.07) is 13.3. The Kier molecular flexibility index (Phi) is 4.22. The van der Waals surface area contributed by atoms with E-state index in [0.29, 0.717) is 23.0 Å². The lowest BCUT2D eigenvalue weighted by Gasteiger charge is -2.19. The van der Waals surface area contributed by atoms with Crippen LogP contribution in [-0.2, 0) is 19.5 Å². The fourth-order valence-electron chi connectivity index (χ4n) is 3.38. The largest absolute Gasteiger partial charge is 0.348 e. The number of halogens is 1. The molecule has 0 fully saturated rings. The Morgan fingerprint density at radius 3 is 2.88 bits per heavy atom. The van der Waals surface area contributed by atoms with Crippen molar-refractivity contribution in [2.75, 3.05) is 0 Å². The van der Waals surface area contributed by atoms with Gasteiger partial charge in [-0.2, -0.15) is 0 Å². The van der Waals surface area contributed by atoms with Crippen molar-refractivity contribution in [1.82, 2.24) is 14.9 Å². The van der Waals surface area contributed by atoms with Crippen LogP contribution < -0.4 is 5.32 Å². The molecule has 2 heterocycles. The molecule has 128 valence electrons. The van der Waals surface area contributed by atoms with E-state index in [1.165, 1.54) is 6.42 Å². The highest BCUT2D eigenvalue weighted by Crippen LogP contribution is 2.25. The van der Waals surface area contributed by atoms with Gasteiger partial charge in [0.15, 0.2) is 0 Å². The Balaban J connectivity index is 1.53. The number of nitrogens with one attached hydrogen (secondary N) is 1. The molecular weight excluding hydrogens is 334 g/mol. The second-order valence-corrected chi connectivity index (χ2v) is 7.23. The van der Waals surface area contributed by atoms with Crippen LogP contribution in [-0.4, -0.2) is 15.5 Å². The Labute approximate surface area is 151 Å². The second-order valence-electron chi connectivity index (χ2n) is 6.79. The molecule has 25 heavy (non-hydrogen) atoms. The van der Waals surface area contributed by atoms with Gasteiger partial charge in [-0.05, 0) is 48.2 Å². The highest BCUT2D eigenvalue weighted by molar-refractivity contribution is 6.30. The molecule has 0 spiro atoms. The minimum atomic E-state index is -0.0869. The molecule has 0 aliphatic carbocycles. The maximum Gasteiger partial charge on any atom is 0.251 e. The predicted molar refractivity (Wildman–Crippen MR) is 99.8 cm³/mol. The van der Waals surface area contributed by atoms with Crippen molar-refractivity contribution in [2.24, 2.45) is 5.92 Å². The van der Waals surface area contributed by atoms with Crippen LogP contribution in [0.5, 0.6) is 0 Å². The van der Waals surface area contributed by atoms with Gasteiger partial charge in [-0.15, -0.1) is 0 Å². The van der Waals surface area contributed by atoms with Crippen LogP contribution in [0, 0.1) is 5.92 Å². The summed E-state index contributed by atoms with van der Waals surface area (Å²) in [7, 11) is 0. The van der Waals surface area contributed by atoms with Gasteiger partial charge >= 0.3 is 0 Å². The molecule has 4 rings (SSSR count). The maximum atomic E-state index is 12.5. The zero-order valence-electron chi connectivity index (χ0n) is 14.1. The number of hydrogen-bond donors (Lipinski definition) is 1. The first-order chi connectivity index (χ1) is 12.1. The first kappa shape index (κ1) is 16.2. The Morgan fingerprint density at radius 2 is 2.08 bits per heavy atom. The maximum absolute atomic E-state index is 12.5. The van der Waals surface area contributed by atoms with Crippen molar-refractivity contribution in [3.05, 3.63) is 64.4 Å². The summed E-state index contributed by atoms with van der Waals surface area (Å²) in [6.45, 7) is 3.75. The SMILES string of the molecule is CC1CCn2c(nc3cc(C(=O)NCc4ccc(Cl)cc4)ccc32)C1. The number of benzene rings is 2. The van der Waals surface area contributed by atoms with E-state index in [1.807, 2.05) is 42.5 Å². The van der Waals surface area contributed by atoms with Gasteiger partial charge in [0, 0.05) is 30.1 Å². The number of amides is 1. The topological polar surface area (TPSA) is 46.9 Å². The van der Waals surface area contributed by atoms with Gasteiger partial charge in [0.1, 0.15) is 5.82 Å². The molecule has 0 bridgehead atoms. The lowest BCUT2D eigenvalue weighted by Crippen LogP contribution is -2.22. The minimum absolute atomic E-state index is 0.0869. The number of carbonyl (C=O) groups excluding carboxylic acids is 1. The molecule has 0 saturated heterocycles. The third-order valence-electron chi connectivity index (χ3n) is 4.83. The van der Waals surface area contributed by atoms with Gasteiger partial charge in [-0.3, -0.25) is 4.79 Å². The van der Waals surface area contributed by atoms with Gasteiger partial charge in [-0.25, -0.2) is 4.98 Å². The molecule has 1 unspecified atom stereocenters. The molecule has 0 saturated carbocycles. The average Bonchev–Trinajstić information content (AvgIpc) is 2.97. The number of aryl methyl sites for hydroxylation is 1. The van der Waals surface area contributed by atoms with E-state index in [9.17, 15) is 4.79 Å². The van der Waals surface area contributed by atoms with Crippen LogP contribution in [0.3, 0.4) is 0 Å². The molecule has 1 aromatic heterocycles. The van der Waals surface area contributed by atoms with E-state index in [1.54, 1.807) is 0 Å². The second kappa shape index (κ2) is 6.52. The molecular formula is C20H20ClN3O. The first-order valence-corrected chi connectivity index (χ1v) is 9.00. The summed E-state index contributed by atoms with van der Waals surface area (Å²) in [5.74, 6) is 1.72. The summed E-state index contributed by atoms with van der Waals surface area (Å²) < 4.78 is 2.28. The fourth-order valence-corrected chi connectivity index (χ4v) is 3.50. The summed E-state index contributed by atoms with van der Waals surface area (Å²) in [5.41, 5.74) is 3.69. The van der Waals surface area contributed by atoms with Crippen LogP contribution in [0.4, 0.5) is 0 Å². The fraction of sp³-hybridized carbons (Fsp3) is 0.300. The number of aromatic nitrogens is 2. The molecule has 1 amide bonds. The van der Waals surface area contributed by atoms with E-state index in [2.05, 4.69) is 16.8 Å². The number of carbonyl (C=O) groups is 1. The average molecular weight is 354 g/mol. The summed E-state index contributed by atoms with van der Waals surface area (Å²) in [5, 5.41) is 3.64. The first-order valence-electron chi connectivity index (χ1n) is 8.62. The van der Waals surface area contributed by atoms with Crippen LogP contribution in [0.15, 0.2) is 42.5 Å². The van der Waals surface area contributed by atoms with Gasteiger partial charge in [0.05, 0.1) is 11.0 Å². The lowest BCUT2D eigenvalue weighted by atomic mass is 10.0. The van der Waals surface area contributed by atoms with Crippen molar-refractivity contribution in [1.29, 1.82) is 0 Å². The van der Waals surface area contributed by atoms with Gasteiger partial charge in [0.2, 0.25) is 0 Å². The quantitative estimate of drug-likeness (QED) is 0.767.